The maximum absolute atomic E-state index is 5.36. The molecule has 2 rings (SSSR count). The van der Waals surface area contributed by atoms with E-state index in [-0.39, 0.29) is 0 Å². The van der Waals surface area contributed by atoms with E-state index in [1.807, 2.05) is 20.2 Å². The van der Waals surface area contributed by atoms with Gasteiger partial charge in [-0.3, -0.25) is 0 Å². The predicted molar refractivity (Wildman–Crippen MR) is 80.1 cm³/mol. The summed E-state index contributed by atoms with van der Waals surface area (Å²) in [5.41, 5.74) is 2.10. The van der Waals surface area contributed by atoms with E-state index in [9.17, 15) is 0 Å². The Hall–Kier alpha value is -1.71. The van der Waals surface area contributed by atoms with Crippen molar-refractivity contribution in [1.29, 1.82) is 0 Å². The summed E-state index contributed by atoms with van der Waals surface area (Å²) in [5, 5.41) is 3.52. The second-order valence-corrected chi connectivity index (χ2v) is 5.14. The van der Waals surface area contributed by atoms with Crippen LogP contribution in [-0.4, -0.2) is 32.7 Å². The fourth-order valence-corrected chi connectivity index (χ4v) is 2.41. The molecule has 1 aromatic rings. The Morgan fingerprint density at radius 3 is 2.89 bits per heavy atom. The average Bonchev–Trinajstić information content (AvgIpc) is 2.45. The molecule has 1 unspecified atom stereocenters. The molecule has 0 saturated heterocycles. The Kier molecular flexibility index (Phi) is 4.66. The van der Waals surface area contributed by atoms with Gasteiger partial charge >= 0.3 is 0 Å². The molecule has 1 atom stereocenters. The van der Waals surface area contributed by atoms with Crippen LogP contribution in [0.1, 0.15) is 19.3 Å². The lowest BCUT2D eigenvalue weighted by Gasteiger charge is -2.23. The quantitative estimate of drug-likeness (QED) is 0.827. The van der Waals surface area contributed by atoms with E-state index < -0.39 is 0 Å². The predicted octanol–water partition coefficient (Wildman–Crippen LogP) is 2.92. The number of ether oxygens (including phenoxy) is 1. The third-order valence-electron chi connectivity index (χ3n) is 3.51. The van der Waals surface area contributed by atoms with E-state index in [4.69, 9.17) is 4.74 Å². The van der Waals surface area contributed by atoms with Crippen LogP contribution in [0.5, 0.6) is 5.88 Å². The normalized spacial score (nSPS) is 18.2. The Morgan fingerprint density at radius 1 is 1.42 bits per heavy atom. The number of hydrogen-bond donors (Lipinski definition) is 1. The van der Waals surface area contributed by atoms with Gasteiger partial charge in [-0.05, 0) is 31.2 Å². The summed E-state index contributed by atoms with van der Waals surface area (Å²) >= 11 is 0. The van der Waals surface area contributed by atoms with Crippen LogP contribution in [-0.2, 0) is 0 Å². The van der Waals surface area contributed by atoms with E-state index in [1.54, 1.807) is 13.3 Å². The van der Waals surface area contributed by atoms with Crippen LogP contribution in [0.4, 0.5) is 11.4 Å². The Bertz CT molecular complexity index is 443. The van der Waals surface area contributed by atoms with Crippen molar-refractivity contribution < 1.29 is 4.74 Å². The van der Waals surface area contributed by atoms with Crippen LogP contribution in [0, 0.1) is 5.92 Å². The monoisotopic (exact) mass is 261 g/mol. The summed E-state index contributed by atoms with van der Waals surface area (Å²) < 4.78 is 5.36. The first-order valence-corrected chi connectivity index (χ1v) is 6.81. The van der Waals surface area contributed by atoms with E-state index in [0.717, 1.165) is 24.3 Å². The summed E-state index contributed by atoms with van der Waals surface area (Å²) in [6.45, 7) is 0.966. The van der Waals surface area contributed by atoms with Crippen molar-refractivity contribution in [1.82, 2.24) is 4.98 Å². The molecule has 104 valence electrons. The molecule has 0 fully saturated rings. The third kappa shape index (κ3) is 3.40. The van der Waals surface area contributed by atoms with Crippen LogP contribution >= 0.6 is 0 Å². The second-order valence-electron chi connectivity index (χ2n) is 5.14. The van der Waals surface area contributed by atoms with Crippen LogP contribution in [0.2, 0.25) is 0 Å². The Balaban J connectivity index is 2.11. The van der Waals surface area contributed by atoms with Crippen molar-refractivity contribution in [3.63, 3.8) is 0 Å². The van der Waals surface area contributed by atoms with Gasteiger partial charge in [0.15, 0.2) is 0 Å². The van der Waals surface area contributed by atoms with Crippen molar-refractivity contribution in [2.45, 2.75) is 19.3 Å². The van der Waals surface area contributed by atoms with Crippen LogP contribution in [0.3, 0.4) is 0 Å². The molecule has 1 aromatic heterocycles. The largest absolute Gasteiger partial charge is 0.479 e. The summed E-state index contributed by atoms with van der Waals surface area (Å²) in [6, 6.07) is 2.01. The standard InChI is InChI=1S/C15H23N3O/c1-18(2)13-9-10-16-15(19-3)14(13)17-11-12-7-5-4-6-8-12/h4-5,9-10,12,17H,6-8,11H2,1-3H3. The molecule has 0 bridgehead atoms. The number of pyridine rings is 1. The van der Waals surface area contributed by atoms with E-state index >= 15 is 0 Å². The van der Waals surface area contributed by atoms with Crippen molar-refractivity contribution in [2.75, 3.05) is 38.0 Å². The molecule has 0 spiro atoms. The van der Waals surface area contributed by atoms with Crippen molar-refractivity contribution >= 4 is 11.4 Å². The van der Waals surface area contributed by atoms with Crippen molar-refractivity contribution in [3.8, 4) is 5.88 Å². The first kappa shape index (κ1) is 13.7. The van der Waals surface area contributed by atoms with E-state index in [1.165, 1.54) is 12.8 Å². The highest BCUT2D eigenvalue weighted by Crippen LogP contribution is 2.32. The zero-order valence-corrected chi connectivity index (χ0v) is 12.0. The molecule has 0 saturated carbocycles. The highest BCUT2D eigenvalue weighted by atomic mass is 16.5. The molecule has 0 aliphatic heterocycles. The summed E-state index contributed by atoms with van der Waals surface area (Å²) in [4.78, 5) is 6.36. The molecule has 0 aromatic carbocycles. The SMILES string of the molecule is COc1nccc(N(C)C)c1NCC1CC=CCC1. The molecule has 0 radical (unpaired) electrons. The maximum Gasteiger partial charge on any atom is 0.239 e. The molecule has 1 aliphatic carbocycles. The Labute approximate surface area is 115 Å². The minimum atomic E-state index is 0.664. The number of anilines is 2. The lowest BCUT2D eigenvalue weighted by atomic mass is 9.94. The number of nitrogens with one attached hydrogen (secondary N) is 1. The van der Waals surface area contributed by atoms with Gasteiger partial charge in [-0.1, -0.05) is 12.2 Å². The number of hydrogen-bond acceptors (Lipinski definition) is 4. The summed E-state index contributed by atoms with van der Waals surface area (Å²) in [7, 11) is 5.73. The van der Waals surface area contributed by atoms with Gasteiger partial charge in [0.2, 0.25) is 5.88 Å². The highest BCUT2D eigenvalue weighted by Gasteiger charge is 2.15. The zero-order chi connectivity index (χ0) is 13.7. The fourth-order valence-electron chi connectivity index (χ4n) is 2.41. The van der Waals surface area contributed by atoms with E-state index in [0.29, 0.717) is 11.8 Å². The number of allylic oxidation sites excluding steroid dienone is 2. The molecule has 4 nitrogen and oxygen atoms in total. The first-order valence-electron chi connectivity index (χ1n) is 6.81. The maximum atomic E-state index is 5.36. The minimum absolute atomic E-state index is 0.664. The van der Waals surface area contributed by atoms with Gasteiger partial charge in [-0.2, -0.15) is 0 Å². The van der Waals surface area contributed by atoms with Crippen molar-refractivity contribution in [3.05, 3.63) is 24.4 Å². The molecule has 4 heteroatoms. The minimum Gasteiger partial charge on any atom is -0.479 e. The molecule has 19 heavy (non-hydrogen) atoms. The summed E-state index contributed by atoms with van der Waals surface area (Å²) in [6.07, 6.45) is 9.94. The van der Waals surface area contributed by atoms with Gasteiger partial charge < -0.3 is 15.0 Å². The van der Waals surface area contributed by atoms with Crippen molar-refractivity contribution in [2.24, 2.45) is 5.92 Å². The molecule has 0 amide bonds. The lowest BCUT2D eigenvalue weighted by molar-refractivity contribution is 0.399. The second kappa shape index (κ2) is 6.45. The van der Waals surface area contributed by atoms with Gasteiger partial charge in [0.1, 0.15) is 5.69 Å². The molecule has 1 heterocycles. The Morgan fingerprint density at radius 2 is 2.26 bits per heavy atom. The number of nitrogens with zero attached hydrogens (tertiary/aromatic N) is 2. The van der Waals surface area contributed by atoms with Gasteiger partial charge in [0.25, 0.3) is 0 Å². The summed E-state index contributed by atoms with van der Waals surface area (Å²) in [5.74, 6) is 1.36. The molecule has 1 aliphatic rings. The number of rotatable bonds is 5. The van der Waals surface area contributed by atoms with Gasteiger partial charge in [0.05, 0.1) is 12.8 Å². The molecular weight excluding hydrogens is 238 g/mol. The topological polar surface area (TPSA) is 37.4 Å². The van der Waals surface area contributed by atoms with Gasteiger partial charge in [-0.25, -0.2) is 4.98 Å². The highest BCUT2D eigenvalue weighted by molar-refractivity contribution is 5.74. The third-order valence-corrected chi connectivity index (χ3v) is 3.51. The average molecular weight is 261 g/mol. The van der Waals surface area contributed by atoms with Crippen LogP contribution in [0.25, 0.3) is 0 Å². The smallest absolute Gasteiger partial charge is 0.239 e. The molecule has 1 N–H and O–H groups in total. The lowest BCUT2D eigenvalue weighted by Crippen LogP contribution is -2.19. The van der Waals surface area contributed by atoms with Gasteiger partial charge in [-0.15, -0.1) is 0 Å². The fraction of sp³-hybridized carbons (Fsp3) is 0.533. The van der Waals surface area contributed by atoms with Crippen LogP contribution < -0.4 is 15.0 Å². The van der Waals surface area contributed by atoms with E-state index in [2.05, 4.69) is 27.4 Å². The van der Waals surface area contributed by atoms with Crippen LogP contribution in [0.15, 0.2) is 24.4 Å². The number of aromatic nitrogens is 1. The number of methoxy groups -OCH3 is 1. The zero-order valence-electron chi connectivity index (χ0n) is 12.0. The first-order chi connectivity index (χ1) is 9.22. The molecular formula is C15H23N3O. The van der Waals surface area contributed by atoms with Gasteiger partial charge in [0, 0.05) is 26.8 Å².